The SMILES string of the molecule is Cn1c(NC(=O)c2cncc(-c3ccccc3)c2)nc2cc(F)ccc21. The van der Waals surface area contributed by atoms with Crippen molar-refractivity contribution in [2.75, 3.05) is 5.32 Å². The lowest BCUT2D eigenvalue weighted by atomic mass is 10.1. The van der Waals surface area contributed by atoms with Crippen LogP contribution in [0.2, 0.25) is 0 Å². The first-order chi connectivity index (χ1) is 12.6. The third kappa shape index (κ3) is 2.93. The maximum atomic E-state index is 13.4. The van der Waals surface area contributed by atoms with Gasteiger partial charge in [0.15, 0.2) is 0 Å². The van der Waals surface area contributed by atoms with Gasteiger partial charge < -0.3 is 4.57 Å². The van der Waals surface area contributed by atoms with E-state index in [1.807, 2.05) is 30.3 Å². The number of hydrogen-bond acceptors (Lipinski definition) is 3. The van der Waals surface area contributed by atoms with Crippen LogP contribution in [-0.4, -0.2) is 20.4 Å². The number of rotatable bonds is 3. The molecule has 5 nitrogen and oxygen atoms in total. The first-order valence-electron chi connectivity index (χ1n) is 8.05. The van der Waals surface area contributed by atoms with Crippen molar-refractivity contribution >= 4 is 22.9 Å². The first-order valence-corrected chi connectivity index (χ1v) is 8.05. The summed E-state index contributed by atoms with van der Waals surface area (Å²) in [7, 11) is 1.77. The van der Waals surface area contributed by atoms with Crippen LogP contribution in [0.4, 0.5) is 10.3 Å². The molecule has 0 saturated heterocycles. The van der Waals surface area contributed by atoms with Crippen molar-refractivity contribution < 1.29 is 9.18 Å². The fourth-order valence-electron chi connectivity index (χ4n) is 2.81. The Balaban J connectivity index is 1.64. The number of aryl methyl sites for hydroxylation is 1. The number of benzene rings is 2. The summed E-state index contributed by atoms with van der Waals surface area (Å²) in [5, 5.41) is 2.76. The zero-order chi connectivity index (χ0) is 18.1. The van der Waals surface area contributed by atoms with Gasteiger partial charge in [0, 0.05) is 31.1 Å². The molecule has 2 aromatic carbocycles. The van der Waals surface area contributed by atoms with Crippen LogP contribution in [0.5, 0.6) is 0 Å². The fourth-order valence-corrected chi connectivity index (χ4v) is 2.81. The van der Waals surface area contributed by atoms with Gasteiger partial charge in [-0.25, -0.2) is 9.37 Å². The van der Waals surface area contributed by atoms with Crippen LogP contribution in [0.15, 0.2) is 67.0 Å². The van der Waals surface area contributed by atoms with Gasteiger partial charge in [0.05, 0.1) is 16.6 Å². The molecule has 0 aliphatic carbocycles. The molecular weight excluding hydrogens is 331 g/mol. The number of amides is 1. The number of halogens is 1. The third-order valence-electron chi connectivity index (χ3n) is 4.18. The van der Waals surface area contributed by atoms with Gasteiger partial charge in [-0.3, -0.25) is 15.1 Å². The molecule has 6 heteroatoms. The number of pyridine rings is 1. The summed E-state index contributed by atoms with van der Waals surface area (Å²) in [4.78, 5) is 21.1. The Morgan fingerprint density at radius 2 is 1.85 bits per heavy atom. The van der Waals surface area contributed by atoms with Gasteiger partial charge in [-0.1, -0.05) is 30.3 Å². The lowest BCUT2D eigenvalue weighted by Crippen LogP contribution is -2.15. The Morgan fingerprint density at radius 1 is 1.04 bits per heavy atom. The average molecular weight is 346 g/mol. The van der Waals surface area contributed by atoms with Crippen molar-refractivity contribution in [1.29, 1.82) is 0 Å². The standard InChI is InChI=1S/C20H15FN4O/c1-25-18-8-7-16(21)10-17(18)23-20(25)24-19(26)15-9-14(11-22-12-15)13-5-3-2-4-6-13/h2-12H,1H3,(H,23,24,26). The van der Waals surface area contributed by atoms with Crippen molar-refractivity contribution in [2.45, 2.75) is 0 Å². The molecule has 0 saturated carbocycles. The number of nitrogens with zero attached hydrogens (tertiary/aromatic N) is 3. The highest BCUT2D eigenvalue weighted by molar-refractivity contribution is 6.04. The largest absolute Gasteiger partial charge is 0.313 e. The van der Waals surface area contributed by atoms with Crippen molar-refractivity contribution in [3.63, 3.8) is 0 Å². The van der Waals surface area contributed by atoms with E-state index in [2.05, 4.69) is 15.3 Å². The minimum absolute atomic E-state index is 0.325. The van der Waals surface area contributed by atoms with E-state index < -0.39 is 0 Å². The molecule has 0 bridgehead atoms. The smallest absolute Gasteiger partial charge is 0.259 e. The summed E-state index contributed by atoms with van der Waals surface area (Å²) in [6.07, 6.45) is 3.22. The second-order valence-corrected chi connectivity index (χ2v) is 5.91. The molecular formula is C20H15FN4O. The molecule has 0 unspecified atom stereocenters. The molecule has 26 heavy (non-hydrogen) atoms. The number of carbonyl (C=O) groups is 1. The molecule has 0 aliphatic heterocycles. The van der Waals surface area contributed by atoms with E-state index in [-0.39, 0.29) is 11.7 Å². The molecule has 1 amide bonds. The highest BCUT2D eigenvalue weighted by Crippen LogP contribution is 2.21. The van der Waals surface area contributed by atoms with Gasteiger partial charge in [0.25, 0.3) is 5.91 Å². The van der Waals surface area contributed by atoms with Crippen molar-refractivity contribution in [3.8, 4) is 11.1 Å². The minimum atomic E-state index is -0.367. The van der Waals surface area contributed by atoms with Crippen LogP contribution in [0, 0.1) is 5.82 Å². The second-order valence-electron chi connectivity index (χ2n) is 5.91. The van der Waals surface area contributed by atoms with E-state index in [0.717, 1.165) is 16.6 Å². The molecule has 0 spiro atoms. The Labute approximate surface area is 149 Å². The normalized spacial score (nSPS) is 10.8. The summed E-state index contributed by atoms with van der Waals surface area (Å²) in [5.74, 6) is -0.344. The molecule has 0 radical (unpaired) electrons. The van der Waals surface area contributed by atoms with Gasteiger partial charge in [-0.05, 0) is 23.8 Å². The quantitative estimate of drug-likeness (QED) is 0.609. The topological polar surface area (TPSA) is 59.8 Å². The van der Waals surface area contributed by atoms with E-state index in [9.17, 15) is 9.18 Å². The zero-order valence-corrected chi connectivity index (χ0v) is 14.0. The van der Waals surface area contributed by atoms with Crippen LogP contribution in [0.3, 0.4) is 0 Å². The number of anilines is 1. The van der Waals surface area contributed by atoms with E-state index >= 15 is 0 Å². The van der Waals surface area contributed by atoms with E-state index in [1.54, 1.807) is 29.9 Å². The van der Waals surface area contributed by atoms with Crippen molar-refractivity contribution in [3.05, 3.63) is 78.4 Å². The van der Waals surface area contributed by atoms with Crippen LogP contribution in [-0.2, 0) is 7.05 Å². The highest BCUT2D eigenvalue weighted by atomic mass is 19.1. The Bertz CT molecular complexity index is 1110. The summed E-state index contributed by atoms with van der Waals surface area (Å²) in [6.45, 7) is 0. The maximum absolute atomic E-state index is 13.4. The average Bonchev–Trinajstić information content (AvgIpc) is 2.97. The van der Waals surface area contributed by atoms with Gasteiger partial charge in [-0.15, -0.1) is 0 Å². The first kappa shape index (κ1) is 16.0. The van der Waals surface area contributed by atoms with E-state index in [4.69, 9.17) is 0 Å². The molecule has 0 atom stereocenters. The third-order valence-corrected chi connectivity index (χ3v) is 4.18. The Kier molecular flexibility index (Phi) is 3.93. The minimum Gasteiger partial charge on any atom is -0.313 e. The lowest BCUT2D eigenvalue weighted by Gasteiger charge is -2.07. The summed E-state index contributed by atoms with van der Waals surface area (Å²) < 4.78 is 15.1. The summed E-state index contributed by atoms with van der Waals surface area (Å²) >= 11 is 0. The van der Waals surface area contributed by atoms with Gasteiger partial charge in [-0.2, -0.15) is 0 Å². The molecule has 4 rings (SSSR count). The fraction of sp³-hybridized carbons (Fsp3) is 0.0500. The molecule has 0 aliphatic rings. The van der Waals surface area contributed by atoms with Crippen LogP contribution >= 0.6 is 0 Å². The predicted octanol–water partition coefficient (Wildman–Crippen LogP) is 4.03. The second kappa shape index (κ2) is 6.40. The van der Waals surface area contributed by atoms with Crippen LogP contribution in [0.25, 0.3) is 22.2 Å². The zero-order valence-electron chi connectivity index (χ0n) is 14.0. The van der Waals surface area contributed by atoms with Gasteiger partial charge in [0.2, 0.25) is 5.95 Å². The maximum Gasteiger partial charge on any atom is 0.259 e. The summed E-state index contributed by atoms with van der Waals surface area (Å²) in [5.41, 5.74) is 3.47. The van der Waals surface area contributed by atoms with Crippen molar-refractivity contribution in [1.82, 2.24) is 14.5 Å². The van der Waals surface area contributed by atoms with E-state index in [1.165, 1.54) is 18.3 Å². The number of nitrogens with one attached hydrogen (secondary N) is 1. The number of carbonyl (C=O) groups excluding carboxylic acids is 1. The highest BCUT2D eigenvalue weighted by Gasteiger charge is 2.14. The monoisotopic (exact) mass is 346 g/mol. The number of hydrogen-bond donors (Lipinski definition) is 1. The molecule has 1 N–H and O–H groups in total. The molecule has 0 fully saturated rings. The van der Waals surface area contributed by atoms with Crippen LogP contribution < -0.4 is 5.32 Å². The van der Waals surface area contributed by atoms with Crippen LogP contribution in [0.1, 0.15) is 10.4 Å². The summed E-state index contributed by atoms with van der Waals surface area (Å²) in [6, 6.07) is 15.8. The molecule has 128 valence electrons. The Morgan fingerprint density at radius 3 is 2.65 bits per heavy atom. The number of imidazole rings is 1. The number of fused-ring (bicyclic) bond motifs is 1. The lowest BCUT2D eigenvalue weighted by molar-refractivity contribution is 0.102. The Hall–Kier alpha value is -3.54. The van der Waals surface area contributed by atoms with Crippen molar-refractivity contribution in [2.24, 2.45) is 7.05 Å². The van der Waals surface area contributed by atoms with Gasteiger partial charge >= 0.3 is 0 Å². The molecule has 2 aromatic heterocycles. The predicted molar refractivity (Wildman–Crippen MR) is 98.3 cm³/mol. The van der Waals surface area contributed by atoms with Gasteiger partial charge in [0.1, 0.15) is 5.82 Å². The number of aromatic nitrogens is 3. The van der Waals surface area contributed by atoms with E-state index in [0.29, 0.717) is 17.0 Å². The molecule has 2 heterocycles. The molecule has 4 aromatic rings.